The Morgan fingerprint density at radius 2 is 2.08 bits per heavy atom. The van der Waals surface area contributed by atoms with E-state index in [1.54, 1.807) is 26.4 Å². The summed E-state index contributed by atoms with van der Waals surface area (Å²) in [7, 11) is 3.30. The Morgan fingerprint density at radius 1 is 1.35 bits per heavy atom. The van der Waals surface area contributed by atoms with Gasteiger partial charge in [-0.05, 0) is 43.7 Å². The van der Waals surface area contributed by atoms with E-state index in [2.05, 4.69) is 24.4 Å². The van der Waals surface area contributed by atoms with E-state index in [9.17, 15) is 4.79 Å². The fourth-order valence-electron chi connectivity index (χ4n) is 3.90. The van der Waals surface area contributed by atoms with Crippen LogP contribution in [0.5, 0.6) is 11.5 Å². The largest absolute Gasteiger partial charge is 0.493 e. The van der Waals surface area contributed by atoms with Gasteiger partial charge in [0.1, 0.15) is 6.04 Å². The van der Waals surface area contributed by atoms with Gasteiger partial charge < -0.3 is 24.1 Å². The third-order valence-corrected chi connectivity index (χ3v) is 5.19. The normalized spacial score (nSPS) is 20.2. The third-order valence-electron chi connectivity index (χ3n) is 5.19. The van der Waals surface area contributed by atoms with Crippen LogP contribution in [0.3, 0.4) is 0 Å². The summed E-state index contributed by atoms with van der Waals surface area (Å²) in [6.45, 7) is 6.23. The maximum absolute atomic E-state index is 12.4. The topological polar surface area (TPSA) is 65.1 Å². The Bertz CT molecular complexity index is 757. The van der Waals surface area contributed by atoms with Crippen molar-refractivity contribution in [1.82, 2.24) is 5.32 Å². The van der Waals surface area contributed by atoms with E-state index in [1.165, 1.54) is 22.3 Å². The van der Waals surface area contributed by atoms with Gasteiger partial charge in [-0.2, -0.15) is 0 Å². The van der Waals surface area contributed by atoms with E-state index >= 15 is 0 Å². The lowest BCUT2D eigenvalue weighted by Crippen LogP contribution is -3.14. The molecule has 0 fully saturated rings. The molecule has 2 heterocycles. The first-order chi connectivity index (χ1) is 12.6. The predicted octanol–water partition coefficient (Wildman–Crippen LogP) is 1.62. The molecule has 0 bridgehead atoms. The summed E-state index contributed by atoms with van der Waals surface area (Å²) < 4.78 is 16.2. The SMILES string of the molecule is CC[NH+]1CCc2cc(OC)c(OC)cc2[C@@H]1[C@@H](C)NC(=O)c1ccco1. The number of carbonyl (C=O) groups is 1. The monoisotopic (exact) mass is 359 g/mol. The molecule has 6 nitrogen and oxygen atoms in total. The van der Waals surface area contributed by atoms with Crippen LogP contribution in [0.15, 0.2) is 34.9 Å². The van der Waals surface area contributed by atoms with Crippen molar-refractivity contribution in [2.45, 2.75) is 32.4 Å². The van der Waals surface area contributed by atoms with E-state index in [-0.39, 0.29) is 18.0 Å². The molecule has 3 rings (SSSR count). The second-order valence-electron chi connectivity index (χ2n) is 6.63. The van der Waals surface area contributed by atoms with Crippen LogP contribution in [-0.4, -0.2) is 39.3 Å². The van der Waals surface area contributed by atoms with Gasteiger partial charge in [0.05, 0.1) is 39.6 Å². The molecular formula is C20H27N2O4+. The molecule has 1 unspecified atom stereocenters. The van der Waals surface area contributed by atoms with Gasteiger partial charge >= 0.3 is 0 Å². The number of rotatable bonds is 6. The predicted molar refractivity (Wildman–Crippen MR) is 98.0 cm³/mol. The Balaban J connectivity index is 1.92. The van der Waals surface area contributed by atoms with Crippen LogP contribution in [0.1, 0.15) is 41.6 Å². The fourth-order valence-corrected chi connectivity index (χ4v) is 3.90. The fraction of sp³-hybridized carbons (Fsp3) is 0.450. The second kappa shape index (κ2) is 7.83. The molecule has 1 aliphatic heterocycles. The van der Waals surface area contributed by atoms with E-state index in [0.29, 0.717) is 5.76 Å². The third kappa shape index (κ3) is 3.42. The lowest BCUT2D eigenvalue weighted by Gasteiger charge is -2.37. The molecule has 0 saturated carbocycles. The Hall–Kier alpha value is -2.47. The van der Waals surface area contributed by atoms with Gasteiger partial charge in [0.15, 0.2) is 17.3 Å². The van der Waals surface area contributed by atoms with E-state index in [1.807, 2.05) is 6.92 Å². The molecule has 6 heteroatoms. The average Bonchev–Trinajstić information content (AvgIpc) is 3.20. The van der Waals surface area contributed by atoms with Crippen molar-refractivity contribution in [2.75, 3.05) is 27.3 Å². The first-order valence-electron chi connectivity index (χ1n) is 9.02. The van der Waals surface area contributed by atoms with Gasteiger partial charge in [-0.3, -0.25) is 4.79 Å². The molecule has 3 atom stereocenters. The van der Waals surface area contributed by atoms with Crippen LogP contribution in [-0.2, 0) is 6.42 Å². The summed E-state index contributed by atoms with van der Waals surface area (Å²) in [5.41, 5.74) is 2.46. The van der Waals surface area contributed by atoms with Gasteiger partial charge in [0, 0.05) is 12.0 Å². The van der Waals surface area contributed by atoms with Crippen molar-refractivity contribution in [1.29, 1.82) is 0 Å². The summed E-state index contributed by atoms with van der Waals surface area (Å²) in [4.78, 5) is 13.9. The Labute approximate surface area is 154 Å². The summed E-state index contributed by atoms with van der Waals surface area (Å²) in [5.74, 6) is 1.61. The van der Waals surface area contributed by atoms with Crippen molar-refractivity contribution >= 4 is 5.91 Å². The highest BCUT2D eigenvalue weighted by Gasteiger charge is 2.36. The van der Waals surface area contributed by atoms with Gasteiger partial charge in [0.2, 0.25) is 0 Å². The zero-order valence-electron chi connectivity index (χ0n) is 15.8. The number of amides is 1. The molecule has 0 saturated heterocycles. The zero-order chi connectivity index (χ0) is 18.7. The van der Waals surface area contributed by atoms with Gasteiger partial charge in [0.25, 0.3) is 5.91 Å². The molecule has 2 N–H and O–H groups in total. The zero-order valence-corrected chi connectivity index (χ0v) is 15.8. The number of hydrogen-bond donors (Lipinski definition) is 2. The van der Waals surface area contributed by atoms with Gasteiger partial charge in [-0.1, -0.05) is 0 Å². The Kier molecular flexibility index (Phi) is 5.52. The summed E-state index contributed by atoms with van der Waals surface area (Å²) in [6.07, 6.45) is 2.49. The van der Waals surface area contributed by atoms with Gasteiger partial charge in [-0.15, -0.1) is 0 Å². The molecule has 1 aromatic heterocycles. The summed E-state index contributed by atoms with van der Waals surface area (Å²) >= 11 is 0. The quantitative estimate of drug-likeness (QED) is 0.823. The first kappa shape index (κ1) is 18.3. The van der Waals surface area contributed by atoms with Crippen LogP contribution in [0.25, 0.3) is 0 Å². The minimum absolute atomic E-state index is 0.0558. The molecule has 1 amide bonds. The highest BCUT2D eigenvalue weighted by atomic mass is 16.5. The maximum atomic E-state index is 12.4. The van der Waals surface area contributed by atoms with E-state index < -0.39 is 0 Å². The number of quaternary nitrogens is 1. The van der Waals surface area contributed by atoms with E-state index in [4.69, 9.17) is 13.9 Å². The van der Waals surface area contributed by atoms with Crippen molar-refractivity contribution in [2.24, 2.45) is 0 Å². The second-order valence-corrected chi connectivity index (χ2v) is 6.63. The molecule has 0 radical (unpaired) electrons. The van der Waals surface area contributed by atoms with Crippen LogP contribution in [0.2, 0.25) is 0 Å². The van der Waals surface area contributed by atoms with Crippen LogP contribution in [0, 0.1) is 0 Å². The number of likely N-dealkylation sites (N-methyl/N-ethyl adjacent to an activating group) is 1. The highest BCUT2D eigenvalue weighted by molar-refractivity contribution is 5.91. The number of nitrogens with one attached hydrogen (secondary N) is 2. The number of benzene rings is 1. The summed E-state index contributed by atoms with van der Waals surface area (Å²) in [5, 5.41) is 3.10. The average molecular weight is 359 g/mol. The van der Waals surface area contributed by atoms with E-state index in [0.717, 1.165) is 31.0 Å². The molecule has 26 heavy (non-hydrogen) atoms. The van der Waals surface area contributed by atoms with Crippen LogP contribution < -0.4 is 19.7 Å². The standard InChI is InChI=1S/C20H26N2O4/c1-5-22-9-8-14-11-17(24-3)18(25-4)12-15(14)19(22)13(2)21-20(23)16-7-6-10-26-16/h6-7,10-13,19H,5,8-9H2,1-4H3,(H,21,23)/p+1/t13-,19+/m1/s1. The highest BCUT2D eigenvalue weighted by Crippen LogP contribution is 2.35. The Morgan fingerprint density at radius 3 is 2.69 bits per heavy atom. The molecule has 0 spiro atoms. The molecule has 140 valence electrons. The smallest absolute Gasteiger partial charge is 0.287 e. The lowest BCUT2D eigenvalue weighted by molar-refractivity contribution is -0.933. The van der Waals surface area contributed by atoms with Gasteiger partial charge in [-0.25, -0.2) is 0 Å². The van der Waals surface area contributed by atoms with Crippen LogP contribution >= 0.6 is 0 Å². The number of ether oxygens (including phenoxy) is 2. The van der Waals surface area contributed by atoms with Crippen molar-refractivity contribution in [3.8, 4) is 11.5 Å². The molecule has 0 aliphatic carbocycles. The molecular weight excluding hydrogens is 332 g/mol. The minimum atomic E-state index is -0.189. The number of furan rings is 1. The maximum Gasteiger partial charge on any atom is 0.287 e. The number of hydrogen-bond acceptors (Lipinski definition) is 4. The molecule has 1 aromatic carbocycles. The number of methoxy groups -OCH3 is 2. The molecule has 2 aromatic rings. The number of carbonyl (C=O) groups excluding carboxylic acids is 1. The number of fused-ring (bicyclic) bond motifs is 1. The van der Waals surface area contributed by atoms with Crippen molar-refractivity contribution < 1.29 is 23.6 Å². The van der Waals surface area contributed by atoms with Crippen molar-refractivity contribution in [3.63, 3.8) is 0 Å². The minimum Gasteiger partial charge on any atom is -0.493 e. The first-order valence-corrected chi connectivity index (χ1v) is 9.02. The molecule has 1 aliphatic rings. The van der Waals surface area contributed by atoms with Crippen molar-refractivity contribution in [3.05, 3.63) is 47.4 Å². The summed E-state index contributed by atoms with van der Waals surface area (Å²) in [6, 6.07) is 7.60. The van der Waals surface area contributed by atoms with Crippen LogP contribution in [0.4, 0.5) is 0 Å². The lowest BCUT2D eigenvalue weighted by atomic mass is 9.88.